The molecule has 0 saturated carbocycles. The number of halogens is 1. The Bertz CT molecular complexity index is 668. The van der Waals surface area contributed by atoms with Crippen LogP contribution in [-0.4, -0.2) is 6.54 Å². The summed E-state index contributed by atoms with van der Waals surface area (Å²) in [7, 11) is 0. The number of benzene rings is 2. The van der Waals surface area contributed by atoms with Gasteiger partial charge < -0.3 is 22.9 Å². The number of anilines is 1. The quantitative estimate of drug-likeness (QED) is 0.480. The van der Waals surface area contributed by atoms with Gasteiger partial charge in [0.2, 0.25) is 0 Å². The average molecular weight is 405 g/mol. The molecule has 2 aromatic carbocycles. The van der Waals surface area contributed by atoms with Crippen molar-refractivity contribution in [2.45, 2.75) is 32.9 Å². The zero-order valence-electron chi connectivity index (χ0n) is 16.6. The van der Waals surface area contributed by atoms with E-state index in [9.17, 15) is 4.39 Å². The number of thiophene rings is 1. The van der Waals surface area contributed by atoms with Gasteiger partial charge in [-0.3, -0.25) is 0 Å². The Morgan fingerprint density at radius 1 is 0.821 bits per heavy atom. The molecular formula is C22H33FN4S. The van der Waals surface area contributed by atoms with Crippen molar-refractivity contribution in [2.24, 2.45) is 17.2 Å². The summed E-state index contributed by atoms with van der Waals surface area (Å²) in [5, 5.41) is 2.03. The Hall–Kier alpha value is -2.25. The molecule has 0 spiro atoms. The lowest BCUT2D eigenvalue weighted by atomic mass is 10.2. The second kappa shape index (κ2) is 18.1. The van der Waals surface area contributed by atoms with Crippen LogP contribution in [0.5, 0.6) is 0 Å². The van der Waals surface area contributed by atoms with Gasteiger partial charge in [0.1, 0.15) is 5.82 Å². The third-order valence-electron chi connectivity index (χ3n) is 3.32. The van der Waals surface area contributed by atoms with E-state index in [0.29, 0.717) is 13.1 Å². The van der Waals surface area contributed by atoms with Crippen LogP contribution in [0.1, 0.15) is 30.2 Å². The molecule has 4 nitrogen and oxygen atoms in total. The highest BCUT2D eigenvalue weighted by atomic mass is 32.1. The van der Waals surface area contributed by atoms with E-state index in [2.05, 4.69) is 6.92 Å². The molecule has 0 saturated heterocycles. The summed E-state index contributed by atoms with van der Waals surface area (Å²) < 4.78 is 12.2. The van der Waals surface area contributed by atoms with E-state index in [4.69, 9.17) is 22.9 Å². The van der Waals surface area contributed by atoms with Gasteiger partial charge in [-0.25, -0.2) is 4.39 Å². The second-order valence-electron chi connectivity index (χ2n) is 5.64. The van der Waals surface area contributed by atoms with Crippen molar-refractivity contribution >= 4 is 17.0 Å². The second-order valence-corrected chi connectivity index (χ2v) is 6.67. The van der Waals surface area contributed by atoms with Crippen LogP contribution in [0.3, 0.4) is 0 Å². The highest BCUT2D eigenvalue weighted by molar-refractivity contribution is 7.09. The highest BCUT2D eigenvalue weighted by Crippen LogP contribution is 2.06. The van der Waals surface area contributed by atoms with Gasteiger partial charge in [-0.15, -0.1) is 11.3 Å². The monoisotopic (exact) mass is 404 g/mol. The lowest BCUT2D eigenvalue weighted by Crippen LogP contribution is -1.95. The van der Waals surface area contributed by atoms with Gasteiger partial charge in [0, 0.05) is 18.0 Å². The molecule has 154 valence electrons. The van der Waals surface area contributed by atoms with Crippen molar-refractivity contribution < 1.29 is 4.39 Å². The summed E-state index contributed by atoms with van der Waals surface area (Å²) in [5.74, 6) is -0.354. The predicted molar refractivity (Wildman–Crippen MR) is 121 cm³/mol. The molecule has 0 atom stereocenters. The van der Waals surface area contributed by atoms with E-state index in [1.165, 1.54) is 35.4 Å². The van der Waals surface area contributed by atoms with Crippen LogP contribution in [0.25, 0.3) is 0 Å². The van der Waals surface area contributed by atoms with Gasteiger partial charge >= 0.3 is 0 Å². The van der Waals surface area contributed by atoms with Gasteiger partial charge in [-0.2, -0.15) is 0 Å². The fourth-order valence-corrected chi connectivity index (χ4v) is 2.31. The molecule has 0 bridgehead atoms. The van der Waals surface area contributed by atoms with Crippen LogP contribution in [0.2, 0.25) is 0 Å². The molecule has 6 heteroatoms. The number of unbranched alkanes of at least 4 members (excludes halogenated alkanes) is 1. The molecule has 0 aliphatic carbocycles. The first-order valence-electron chi connectivity index (χ1n) is 9.25. The van der Waals surface area contributed by atoms with Crippen molar-refractivity contribution in [1.29, 1.82) is 0 Å². The topological polar surface area (TPSA) is 104 Å². The fourth-order valence-electron chi connectivity index (χ4n) is 1.72. The minimum absolute atomic E-state index is 0.201. The van der Waals surface area contributed by atoms with E-state index in [-0.39, 0.29) is 11.5 Å². The van der Waals surface area contributed by atoms with Crippen LogP contribution in [0, 0.1) is 5.82 Å². The summed E-state index contributed by atoms with van der Waals surface area (Å²) in [6.07, 6.45) is 2.39. The Labute approximate surface area is 172 Å². The zero-order chi connectivity index (χ0) is 21.0. The Balaban J connectivity index is 0.000000353. The molecule has 0 unspecified atom stereocenters. The summed E-state index contributed by atoms with van der Waals surface area (Å²) >= 11 is 1.70. The summed E-state index contributed by atoms with van der Waals surface area (Å²) in [5.41, 5.74) is 22.3. The predicted octanol–water partition coefficient (Wildman–Crippen LogP) is 4.51. The van der Waals surface area contributed by atoms with Gasteiger partial charge in [0.15, 0.2) is 0 Å². The van der Waals surface area contributed by atoms with Crippen molar-refractivity contribution in [1.82, 2.24) is 0 Å². The van der Waals surface area contributed by atoms with Gasteiger partial charge in [0.25, 0.3) is 0 Å². The van der Waals surface area contributed by atoms with Crippen LogP contribution in [0.15, 0.2) is 72.1 Å². The SMILES string of the molecule is CCCCN.NCc1ccccc1.NCc1cccs1.Nc1ccccc1F. The maximum absolute atomic E-state index is 12.2. The van der Waals surface area contributed by atoms with Crippen molar-refractivity contribution in [3.05, 3.63) is 88.4 Å². The molecule has 0 aliphatic rings. The fraction of sp³-hybridized carbons (Fsp3) is 0.273. The number of nitrogens with two attached hydrogens (primary N) is 4. The number of nitrogen functional groups attached to an aromatic ring is 1. The van der Waals surface area contributed by atoms with E-state index >= 15 is 0 Å². The van der Waals surface area contributed by atoms with Gasteiger partial charge in [-0.1, -0.05) is 61.9 Å². The first-order valence-corrected chi connectivity index (χ1v) is 10.1. The highest BCUT2D eigenvalue weighted by Gasteiger charge is 1.89. The van der Waals surface area contributed by atoms with E-state index in [1.54, 1.807) is 23.5 Å². The minimum atomic E-state index is -0.354. The van der Waals surface area contributed by atoms with Crippen LogP contribution < -0.4 is 22.9 Å². The molecule has 8 N–H and O–H groups in total. The number of hydrogen-bond acceptors (Lipinski definition) is 5. The molecule has 1 aromatic heterocycles. The molecule has 1 heterocycles. The van der Waals surface area contributed by atoms with Crippen molar-refractivity contribution in [2.75, 3.05) is 12.3 Å². The van der Waals surface area contributed by atoms with Crippen molar-refractivity contribution in [3.63, 3.8) is 0 Å². The first-order chi connectivity index (χ1) is 13.6. The molecule has 0 aliphatic heterocycles. The van der Waals surface area contributed by atoms with E-state index in [1.807, 2.05) is 47.8 Å². The zero-order valence-corrected chi connectivity index (χ0v) is 17.4. The Morgan fingerprint density at radius 3 is 1.75 bits per heavy atom. The molecule has 3 aromatic rings. The van der Waals surface area contributed by atoms with E-state index in [0.717, 1.165) is 6.54 Å². The standard InChI is InChI=1S/C7H9N.C6H6FN.C5H7NS.C4H11N/c8-6-7-4-2-1-3-5-7;7-5-3-1-2-4-6(5)8;6-4-5-2-1-3-7-5;1-2-3-4-5/h1-5H,6,8H2;1-4H,8H2;1-3H,4,6H2;2-5H2,1H3. The molecule has 0 fully saturated rings. The maximum atomic E-state index is 12.2. The van der Waals surface area contributed by atoms with E-state index < -0.39 is 0 Å². The first kappa shape index (κ1) is 25.8. The average Bonchev–Trinajstić information content (AvgIpc) is 3.27. The third-order valence-corrected chi connectivity index (χ3v) is 4.22. The van der Waals surface area contributed by atoms with Crippen LogP contribution in [0.4, 0.5) is 10.1 Å². The molecule has 0 radical (unpaired) electrons. The lowest BCUT2D eigenvalue weighted by Gasteiger charge is -1.90. The molecular weight excluding hydrogens is 371 g/mol. The number of rotatable bonds is 4. The normalized spacial score (nSPS) is 9.04. The maximum Gasteiger partial charge on any atom is 0.146 e. The summed E-state index contributed by atoms with van der Waals surface area (Å²) in [6.45, 7) is 4.29. The molecule has 3 rings (SSSR count). The van der Waals surface area contributed by atoms with Crippen LogP contribution >= 0.6 is 11.3 Å². The van der Waals surface area contributed by atoms with Crippen LogP contribution in [-0.2, 0) is 13.1 Å². The third kappa shape index (κ3) is 13.9. The van der Waals surface area contributed by atoms with Crippen molar-refractivity contribution in [3.8, 4) is 0 Å². The Morgan fingerprint density at radius 2 is 1.46 bits per heavy atom. The minimum Gasteiger partial charge on any atom is -0.396 e. The number of hydrogen-bond donors (Lipinski definition) is 4. The number of para-hydroxylation sites is 1. The largest absolute Gasteiger partial charge is 0.396 e. The molecule has 0 amide bonds. The molecule has 28 heavy (non-hydrogen) atoms. The summed E-state index contributed by atoms with van der Waals surface area (Å²) in [4.78, 5) is 1.25. The van der Waals surface area contributed by atoms with Gasteiger partial charge in [-0.05, 0) is 42.1 Å². The summed E-state index contributed by atoms with van der Waals surface area (Å²) in [6, 6.07) is 20.2. The Kier molecular flexibility index (Phi) is 16.7. The smallest absolute Gasteiger partial charge is 0.146 e. The lowest BCUT2D eigenvalue weighted by molar-refractivity contribution is 0.632. The van der Waals surface area contributed by atoms with Gasteiger partial charge in [0.05, 0.1) is 5.69 Å².